The smallest absolute Gasteiger partial charge is 0.0524 e. The van der Waals surface area contributed by atoms with E-state index >= 15 is 0 Å². The summed E-state index contributed by atoms with van der Waals surface area (Å²) in [5.74, 6) is 6.51. The molecule has 0 heterocycles. The summed E-state index contributed by atoms with van der Waals surface area (Å²) in [6.45, 7) is 12.6. The van der Waals surface area contributed by atoms with Crippen LogP contribution in [0, 0.1) is 17.3 Å². The Morgan fingerprint density at radius 1 is 1.00 bits per heavy atom. The topological polar surface area (TPSA) is 12.4 Å². The lowest BCUT2D eigenvalue weighted by Crippen LogP contribution is -2.09. The molecule has 0 bridgehead atoms. The molecule has 1 aromatic carbocycles. The molecule has 0 amide bonds. The lowest BCUT2D eigenvalue weighted by Gasteiger charge is -2.11. The highest BCUT2D eigenvalue weighted by Gasteiger charge is 2.06. The SMILES string of the molecule is CC(C)(C)C#Cc1ccccc1C=NC(C)(C)C. The first-order valence-electron chi connectivity index (χ1n) is 6.35. The van der Waals surface area contributed by atoms with Crippen molar-refractivity contribution in [2.45, 2.75) is 47.1 Å². The summed E-state index contributed by atoms with van der Waals surface area (Å²) in [7, 11) is 0. The molecule has 0 aliphatic heterocycles. The third-order valence-electron chi connectivity index (χ3n) is 2.12. The van der Waals surface area contributed by atoms with Gasteiger partial charge in [-0.1, -0.05) is 30.0 Å². The highest BCUT2D eigenvalue weighted by molar-refractivity contribution is 5.83. The molecule has 0 unspecified atom stereocenters. The monoisotopic (exact) mass is 241 g/mol. The fourth-order valence-electron chi connectivity index (χ4n) is 1.24. The van der Waals surface area contributed by atoms with Crippen molar-refractivity contribution in [2.24, 2.45) is 10.4 Å². The Bertz CT molecular complexity index is 485. The van der Waals surface area contributed by atoms with Crippen LogP contribution in [0.15, 0.2) is 29.3 Å². The Morgan fingerprint density at radius 2 is 1.61 bits per heavy atom. The molecule has 0 fully saturated rings. The molecule has 1 rings (SSSR count). The minimum absolute atomic E-state index is 0.0221. The van der Waals surface area contributed by atoms with Gasteiger partial charge in [0.1, 0.15) is 0 Å². The van der Waals surface area contributed by atoms with Gasteiger partial charge in [-0.2, -0.15) is 0 Å². The summed E-state index contributed by atoms with van der Waals surface area (Å²) in [4.78, 5) is 4.54. The predicted octanol–water partition coefficient (Wildman–Crippen LogP) is 4.30. The van der Waals surface area contributed by atoms with Crippen LogP contribution in [0.5, 0.6) is 0 Å². The summed E-state index contributed by atoms with van der Waals surface area (Å²) in [5, 5.41) is 0. The van der Waals surface area contributed by atoms with Gasteiger partial charge < -0.3 is 0 Å². The van der Waals surface area contributed by atoms with E-state index in [0.29, 0.717) is 0 Å². The standard InChI is InChI=1S/C17H23N/c1-16(2,3)12-11-14-9-7-8-10-15(14)13-18-17(4,5)6/h7-10,13H,1-6H3. The predicted molar refractivity (Wildman–Crippen MR) is 80.1 cm³/mol. The second-order valence-electron chi connectivity index (χ2n) is 6.52. The molecule has 0 radical (unpaired) electrons. The molecule has 96 valence electrons. The van der Waals surface area contributed by atoms with Gasteiger partial charge in [0.2, 0.25) is 0 Å². The fraction of sp³-hybridized carbons (Fsp3) is 0.471. The number of hydrogen-bond acceptors (Lipinski definition) is 1. The fourth-order valence-corrected chi connectivity index (χ4v) is 1.24. The third kappa shape index (κ3) is 5.68. The van der Waals surface area contributed by atoms with Crippen LogP contribution in [0.4, 0.5) is 0 Å². The van der Waals surface area contributed by atoms with Crippen LogP contribution >= 0.6 is 0 Å². The van der Waals surface area contributed by atoms with E-state index in [1.807, 2.05) is 24.4 Å². The van der Waals surface area contributed by atoms with Gasteiger partial charge >= 0.3 is 0 Å². The maximum atomic E-state index is 4.54. The van der Waals surface area contributed by atoms with Crippen molar-refractivity contribution in [1.29, 1.82) is 0 Å². The van der Waals surface area contributed by atoms with E-state index in [9.17, 15) is 0 Å². The average molecular weight is 241 g/mol. The van der Waals surface area contributed by atoms with Crippen molar-refractivity contribution in [3.63, 3.8) is 0 Å². The summed E-state index contributed by atoms with van der Waals surface area (Å²) in [6.07, 6.45) is 1.92. The van der Waals surface area contributed by atoms with Crippen LogP contribution in [-0.2, 0) is 0 Å². The second-order valence-corrected chi connectivity index (χ2v) is 6.52. The number of nitrogens with zero attached hydrogens (tertiary/aromatic N) is 1. The molecule has 0 atom stereocenters. The van der Waals surface area contributed by atoms with E-state index in [0.717, 1.165) is 11.1 Å². The summed E-state index contributed by atoms with van der Waals surface area (Å²) >= 11 is 0. The zero-order valence-electron chi connectivity index (χ0n) is 12.3. The highest BCUT2D eigenvalue weighted by atomic mass is 14.8. The van der Waals surface area contributed by atoms with Crippen molar-refractivity contribution in [3.8, 4) is 11.8 Å². The zero-order chi connectivity index (χ0) is 13.8. The number of hydrogen-bond donors (Lipinski definition) is 0. The van der Waals surface area contributed by atoms with Crippen LogP contribution in [0.25, 0.3) is 0 Å². The highest BCUT2D eigenvalue weighted by Crippen LogP contribution is 2.13. The Hall–Kier alpha value is -1.55. The molecule has 18 heavy (non-hydrogen) atoms. The van der Waals surface area contributed by atoms with Crippen LogP contribution < -0.4 is 0 Å². The Balaban J connectivity index is 3.07. The van der Waals surface area contributed by atoms with E-state index < -0.39 is 0 Å². The van der Waals surface area contributed by atoms with Crippen LogP contribution in [0.3, 0.4) is 0 Å². The molecule has 1 aromatic rings. The van der Waals surface area contributed by atoms with Gasteiger partial charge in [-0.05, 0) is 47.6 Å². The van der Waals surface area contributed by atoms with E-state index in [4.69, 9.17) is 0 Å². The Kier molecular flexibility index (Phi) is 4.35. The van der Waals surface area contributed by atoms with Crippen molar-refractivity contribution in [2.75, 3.05) is 0 Å². The molecule has 0 spiro atoms. The van der Waals surface area contributed by atoms with Crippen LogP contribution in [0.2, 0.25) is 0 Å². The summed E-state index contributed by atoms with van der Waals surface area (Å²) in [5.41, 5.74) is 2.10. The first kappa shape index (κ1) is 14.5. The van der Waals surface area contributed by atoms with Crippen molar-refractivity contribution in [1.82, 2.24) is 0 Å². The minimum Gasteiger partial charge on any atom is -0.287 e. The molecular weight excluding hydrogens is 218 g/mol. The zero-order valence-corrected chi connectivity index (χ0v) is 12.3. The van der Waals surface area contributed by atoms with E-state index in [1.54, 1.807) is 0 Å². The van der Waals surface area contributed by atoms with Gasteiger partial charge in [0.15, 0.2) is 0 Å². The molecule has 0 aliphatic carbocycles. The average Bonchev–Trinajstić information content (AvgIpc) is 2.22. The second kappa shape index (κ2) is 5.40. The third-order valence-corrected chi connectivity index (χ3v) is 2.12. The van der Waals surface area contributed by atoms with E-state index in [-0.39, 0.29) is 11.0 Å². The number of benzene rings is 1. The lowest BCUT2D eigenvalue weighted by molar-refractivity contribution is 0.571. The maximum Gasteiger partial charge on any atom is 0.0524 e. The van der Waals surface area contributed by atoms with Gasteiger partial charge in [0.25, 0.3) is 0 Å². The van der Waals surface area contributed by atoms with Gasteiger partial charge in [-0.25, -0.2) is 0 Å². The number of aliphatic imine (C=N–C) groups is 1. The van der Waals surface area contributed by atoms with E-state index in [2.05, 4.69) is 64.4 Å². The molecule has 0 saturated carbocycles. The first-order chi connectivity index (χ1) is 8.17. The molecule has 1 heteroatoms. The summed E-state index contributed by atoms with van der Waals surface area (Å²) in [6, 6.07) is 8.14. The van der Waals surface area contributed by atoms with Crippen LogP contribution in [-0.4, -0.2) is 11.8 Å². The van der Waals surface area contributed by atoms with E-state index in [1.165, 1.54) is 0 Å². The van der Waals surface area contributed by atoms with Crippen molar-refractivity contribution in [3.05, 3.63) is 35.4 Å². The minimum atomic E-state index is -0.0510. The van der Waals surface area contributed by atoms with Gasteiger partial charge in [0, 0.05) is 22.8 Å². The molecule has 0 saturated heterocycles. The quantitative estimate of drug-likeness (QED) is 0.513. The normalized spacial score (nSPS) is 12.3. The van der Waals surface area contributed by atoms with Gasteiger partial charge in [-0.3, -0.25) is 4.99 Å². The lowest BCUT2D eigenvalue weighted by atomic mass is 9.97. The number of rotatable bonds is 1. The first-order valence-corrected chi connectivity index (χ1v) is 6.35. The van der Waals surface area contributed by atoms with Crippen LogP contribution in [0.1, 0.15) is 52.7 Å². The largest absolute Gasteiger partial charge is 0.287 e. The molecule has 0 N–H and O–H groups in total. The van der Waals surface area contributed by atoms with Gasteiger partial charge in [-0.15, -0.1) is 0 Å². The Morgan fingerprint density at radius 3 is 2.17 bits per heavy atom. The molecule has 0 aliphatic rings. The maximum absolute atomic E-state index is 4.54. The van der Waals surface area contributed by atoms with Gasteiger partial charge in [0.05, 0.1) is 5.54 Å². The molecular formula is C17H23N. The molecule has 0 aromatic heterocycles. The Labute approximate surface area is 111 Å². The molecule has 1 nitrogen and oxygen atoms in total. The van der Waals surface area contributed by atoms with Crippen molar-refractivity contribution >= 4 is 6.21 Å². The van der Waals surface area contributed by atoms with Crippen molar-refractivity contribution < 1.29 is 0 Å². The summed E-state index contributed by atoms with van der Waals surface area (Å²) < 4.78 is 0.